The third-order valence-electron chi connectivity index (χ3n) is 4.59. The number of carbonyl (C=O) groups is 2. The van der Waals surface area contributed by atoms with Gasteiger partial charge >= 0.3 is 0 Å². The molecule has 4 nitrogen and oxygen atoms in total. The molecule has 3 rings (SSSR count). The van der Waals surface area contributed by atoms with Crippen LogP contribution in [-0.4, -0.2) is 48.3 Å². The van der Waals surface area contributed by atoms with Crippen molar-refractivity contribution in [2.75, 3.05) is 26.7 Å². The van der Waals surface area contributed by atoms with E-state index in [1.165, 1.54) is 17.7 Å². The molecule has 116 valence electrons. The van der Waals surface area contributed by atoms with E-state index in [9.17, 15) is 9.59 Å². The summed E-state index contributed by atoms with van der Waals surface area (Å²) >= 11 is 1.59. The Morgan fingerprint density at radius 3 is 2.52 bits per heavy atom. The number of nitrogens with zero attached hydrogens (tertiary/aromatic N) is 2. The van der Waals surface area contributed by atoms with Crippen LogP contribution in [-0.2, 0) is 15.0 Å². The zero-order valence-corrected chi connectivity index (χ0v) is 13.8. The van der Waals surface area contributed by atoms with Crippen molar-refractivity contribution >= 4 is 35.6 Å². The molecule has 0 bridgehead atoms. The van der Waals surface area contributed by atoms with Crippen LogP contribution in [0.2, 0.25) is 0 Å². The highest BCUT2D eigenvalue weighted by atomic mass is 35.5. The molecule has 0 aromatic carbocycles. The van der Waals surface area contributed by atoms with Crippen molar-refractivity contribution in [3.63, 3.8) is 0 Å². The highest BCUT2D eigenvalue weighted by molar-refractivity contribution is 7.10. The summed E-state index contributed by atoms with van der Waals surface area (Å²) in [4.78, 5) is 29.4. The van der Waals surface area contributed by atoms with Gasteiger partial charge in [-0.05, 0) is 50.3 Å². The van der Waals surface area contributed by atoms with Crippen LogP contribution in [0.3, 0.4) is 0 Å². The van der Waals surface area contributed by atoms with Crippen molar-refractivity contribution in [1.29, 1.82) is 0 Å². The van der Waals surface area contributed by atoms with Gasteiger partial charge in [0.15, 0.2) is 0 Å². The second-order valence-electron chi connectivity index (χ2n) is 5.79. The van der Waals surface area contributed by atoms with Gasteiger partial charge in [-0.2, -0.15) is 0 Å². The number of hydrogen-bond donors (Lipinski definition) is 0. The lowest BCUT2D eigenvalue weighted by Gasteiger charge is -2.27. The molecule has 0 spiro atoms. The molecule has 21 heavy (non-hydrogen) atoms. The first-order valence-electron chi connectivity index (χ1n) is 7.21. The topological polar surface area (TPSA) is 40.6 Å². The van der Waals surface area contributed by atoms with E-state index in [1.807, 2.05) is 17.5 Å². The number of imide groups is 1. The molecule has 0 radical (unpaired) electrons. The lowest BCUT2D eigenvalue weighted by molar-refractivity contribution is -0.138. The normalized spacial score (nSPS) is 26.4. The molecule has 1 atom stereocenters. The summed E-state index contributed by atoms with van der Waals surface area (Å²) in [5.41, 5.74) is -0.609. The quantitative estimate of drug-likeness (QED) is 0.796. The summed E-state index contributed by atoms with van der Waals surface area (Å²) in [6, 6.07) is 3.96. The maximum absolute atomic E-state index is 12.6. The molecule has 2 saturated heterocycles. The Labute approximate surface area is 135 Å². The first-order chi connectivity index (χ1) is 9.63. The lowest BCUT2D eigenvalue weighted by atomic mass is 9.81. The van der Waals surface area contributed by atoms with E-state index in [2.05, 4.69) is 4.90 Å². The number of rotatable bonds is 4. The van der Waals surface area contributed by atoms with Crippen LogP contribution in [0.25, 0.3) is 0 Å². The fraction of sp³-hybridized carbons (Fsp3) is 0.600. The molecule has 1 unspecified atom stereocenters. The summed E-state index contributed by atoms with van der Waals surface area (Å²) in [5, 5.41) is 1.99. The molecule has 3 heterocycles. The predicted molar refractivity (Wildman–Crippen MR) is 85.9 cm³/mol. The van der Waals surface area contributed by atoms with Crippen molar-refractivity contribution in [3.8, 4) is 0 Å². The molecule has 0 N–H and O–H groups in total. The minimum Gasteiger partial charge on any atom is -0.303 e. The number of likely N-dealkylation sites (N-methyl/N-ethyl adjacent to an activating group) is 1. The minimum atomic E-state index is -0.609. The van der Waals surface area contributed by atoms with Crippen LogP contribution < -0.4 is 0 Å². The molecule has 2 amide bonds. The highest BCUT2D eigenvalue weighted by Gasteiger charge is 2.51. The number of halogens is 1. The van der Waals surface area contributed by atoms with Gasteiger partial charge in [0.05, 0.1) is 5.41 Å². The van der Waals surface area contributed by atoms with Gasteiger partial charge in [-0.25, -0.2) is 0 Å². The van der Waals surface area contributed by atoms with E-state index in [1.54, 1.807) is 18.4 Å². The van der Waals surface area contributed by atoms with Gasteiger partial charge in [0.1, 0.15) is 0 Å². The van der Waals surface area contributed by atoms with E-state index >= 15 is 0 Å². The third kappa shape index (κ3) is 2.87. The van der Waals surface area contributed by atoms with Crippen molar-refractivity contribution in [1.82, 2.24) is 9.80 Å². The van der Waals surface area contributed by atoms with Crippen molar-refractivity contribution < 1.29 is 9.59 Å². The maximum atomic E-state index is 12.6. The summed E-state index contributed by atoms with van der Waals surface area (Å²) in [6.07, 6.45) is 3.58. The van der Waals surface area contributed by atoms with Crippen molar-refractivity contribution in [2.24, 2.45) is 0 Å². The highest BCUT2D eigenvalue weighted by Crippen LogP contribution is 2.41. The maximum Gasteiger partial charge on any atom is 0.240 e. The number of thiophene rings is 1. The second-order valence-corrected chi connectivity index (χ2v) is 6.74. The predicted octanol–water partition coefficient (Wildman–Crippen LogP) is 2.28. The third-order valence-corrected chi connectivity index (χ3v) is 5.66. The largest absolute Gasteiger partial charge is 0.303 e. The van der Waals surface area contributed by atoms with E-state index in [0.29, 0.717) is 6.42 Å². The Morgan fingerprint density at radius 2 is 2.00 bits per heavy atom. The summed E-state index contributed by atoms with van der Waals surface area (Å²) < 4.78 is 0. The number of likely N-dealkylation sites (tertiary alicyclic amines) is 2. The monoisotopic (exact) mass is 328 g/mol. The van der Waals surface area contributed by atoms with Gasteiger partial charge in [0, 0.05) is 18.3 Å². The van der Waals surface area contributed by atoms with Crippen molar-refractivity contribution in [2.45, 2.75) is 31.1 Å². The van der Waals surface area contributed by atoms with Gasteiger partial charge in [-0.1, -0.05) is 6.07 Å². The molecule has 2 fully saturated rings. The van der Waals surface area contributed by atoms with Crippen LogP contribution >= 0.6 is 23.7 Å². The van der Waals surface area contributed by atoms with Crippen LogP contribution in [0.15, 0.2) is 17.5 Å². The van der Waals surface area contributed by atoms with Gasteiger partial charge in [-0.3, -0.25) is 14.5 Å². The zero-order valence-electron chi connectivity index (χ0n) is 12.2. The Morgan fingerprint density at radius 1 is 1.29 bits per heavy atom. The molecular formula is C15H21ClN2O2S. The number of hydrogen-bond acceptors (Lipinski definition) is 4. The molecular weight excluding hydrogens is 308 g/mol. The molecule has 2 aliphatic heterocycles. The standard InChI is InChI=1S/C15H20N2O2S.ClH/c1-16-13(18)11-15(14(16)19,12-5-4-10-20-12)6-9-17-7-2-3-8-17;/h4-5,10H,2-3,6-9,11H2,1H3;1H. The van der Waals surface area contributed by atoms with Gasteiger partial charge in [0.25, 0.3) is 0 Å². The van der Waals surface area contributed by atoms with E-state index in [0.717, 1.165) is 30.9 Å². The van der Waals surface area contributed by atoms with Crippen molar-refractivity contribution in [3.05, 3.63) is 22.4 Å². The number of carbonyl (C=O) groups excluding carboxylic acids is 2. The van der Waals surface area contributed by atoms with E-state index < -0.39 is 5.41 Å². The van der Waals surface area contributed by atoms with Crippen LogP contribution in [0, 0.1) is 0 Å². The van der Waals surface area contributed by atoms with E-state index in [-0.39, 0.29) is 24.2 Å². The molecule has 1 aromatic rings. The first-order valence-corrected chi connectivity index (χ1v) is 8.09. The molecule has 6 heteroatoms. The minimum absolute atomic E-state index is 0. The summed E-state index contributed by atoms with van der Waals surface area (Å²) in [6.45, 7) is 3.15. The van der Waals surface area contributed by atoms with Crippen LogP contribution in [0.1, 0.15) is 30.6 Å². The first kappa shape index (κ1) is 16.5. The fourth-order valence-corrected chi connectivity index (χ4v) is 4.25. The smallest absolute Gasteiger partial charge is 0.240 e. The SMILES string of the molecule is CN1C(=O)CC(CCN2CCCC2)(c2cccs2)C1=O.Cl. The summed E-state index contributed by atoms with van der Waals surface area (Å²) in [7, 11) is 1.61. The average Bonchev–Trinajstić information content (AvgIpc) is 3.16. The second kappa shape index (κ2) is 6.46. The molecule has 2 aliphatic rings. The zero-order chi connectivity index (χ0) is 14.2. The summed E-state index contributed by atoms with van der Waals surface area (Å²) in [5.74, 6) is -0.0750. The Hall–Kier alpha value is -0.910. The average molecular weight is 329 g/mol. The molecule has 0 saturated carbocycles. The van der Waals surface area contributed by atoms with Crippen LogP contribution in [0.5, 0.6) is 0 Å². The Balaban J connectivity index is 0.00000161. The van der Waals surface area contributed by atoms with Gasteiger partial charge in [0.2, 0.25) is 11.8 Å². The Kier molecular flexibility index (Phi) is 5.07. The van der Waals surface area contributed by atoms with E-state index in [4.69, 9.17) is 0 Å². The van der Waals surface area contributed by atoms with Gasteiger partial charge in [-0.15, -0.1) is 23.7 Å². The molecule has 1 aromatic heterocycles. The fourth-order valence-electron chi connectivity index (χ4n) is 3.30. The van der Waals surface area contributed by atoms with Gasteiger partial charge < -0.3 is 4.90 Å². The lowest BCUT2D eigenvalue weighted by Crippen LogP contribution is -2.39. The molecule has 0 aliphatic carbocycles. The Bertz CT molecular complexity index is 514. The van der Waals surface area contributed by atoms with Crippen LogP contribution in [0.4, 0.5) is 0 Å². The number of amides is 2.